The highest BCUT2D eigenvalue weighted by Crippen LogP contribution is 2.30. The summed E-state index contributed by atoms with van der Waals surface area (Å²) in [5.74, 6) is 0.547. The zero-order valence-electron chi connectivity index (χ0n) is 19.9. The first-order valence-corrected chi connectivity index (χ1v) is 12.3. The second-order valence-corrected chi connectivity index (χ2v) is 9.58. The van der Waals surface area contributed by atoms with Crippen molar-refractivity contribution < 1.29 is 4.79 Å². The van der Waals surface area contributed by atoms with Crippen molar-refractivity contribution in [1.82, 2.24) is 15.2 Å². The van der Waals surface area contributed by atoms with Crippen molar-refractivity contribution in [2.24, 2.45) is 0 Å². The Hall–Kier alpha value is -3.51. The number of aryl methyl sites for hydroxylation is 2. The molecule has 1 aromatic heterocycles. The molecule has 4 aromatic rings. The highest BCUT2D eigenvalue weighted by atomic mass is 32.2. The summed E-state index contributed by atoms with van der Waals surface area (Å²) in [6.07, 6.45) is 0. The first kappa shape index (κ1) is 23.6. The molecule has 0 aliphatic heterocycles. The predicted molar refractivity (Wildman–Crippen MR) is 140 cm³/mol. The van der Waals surface area contributed by atoms with Crippen molar-refractivity contribution in [2.75, 3.05) is 11.1 Å². The molecule has 1 amide bonds. The fraction of sp³-hybridized carbons (Fsp3) is 0.214. The predicted octanol–water partition coefficient (Wildman–Crippen LogP) is 6.68. The summed E-state index contributed by atoms with van der Waals surface area (Å²) < 4.78 is 0. The number of thioether (sulfide) groups is 1. The fourth-order valence-corrected chi connectivity index (χ4v) is 4.06. The van der Waals surface area contributed by atoms with Crippen molar-refractivity contribution in [1.29, 1.82) is 0 Å². The van der Waals surface area contributed by atoms with Crippen LogP contribution in [0.5, 0.6) is 0 Å². The van der Waals surface area contributed by atoms with E-state index in [-0.39, 0.29) is 11.7 Å². The molecular weight excluding hydrogens is 440 g/mol. The molecule has 0 radical (unpaired) electrons. The van der Waals surface area contributed by atoms with E-state index >= 15 is 0 Å². The Morgan fingerprint density at radius 3 is 1.91 bits per heavy atom. The first-order chi connectivity index (χ1) is 16.4. The Labute approximate surface area is 205 Å². The van der Waals surface area contributed by atoms with Gasteiger partial charge in [0.15, 0.2) is 0 Å². The average molecular weight is 469 g/mol. The second kappa shape index (κ2) is 10.6. The molecule has 5 nitrogen and oxygen atoms in total. The molecular formula is C28H28N4OS. The minimum absolute atomic E-state index is 0.106. The van der Waals surface area contributed by atoms with Crippen LogP contribution in [0.1, 0.15) is 36.5 Å². The average Bonchev–Trinajstić information content (AvgIpc) is 2.84. The van der Waals surface area contributed by atoms with E-state index in [0.717, 1.165) is 28.2 Å². The molecule has 0 saturated heterocycles. The number of rotatable bonds is 7. The van der Waals surface area contributed by atoms with Crippen LogP contribution in [0, 0.1) is 13.8 Å². The number of nitrogens with one attached hydrogen (secondary N) is 1. The Morgan fingerprint density at radius 1 is 0.794 bits per heavy atom. The van der Waals surface area contributed by atoms with E-state index in [0.29, 0.717) is 11.1 Å². The zero-order chi connectivity index (χ0) is 24.1. The smallest absolute Gasteiger partial charge is 0.234 e. The summed E-state index contributed by atoms with van der Waals surface area (Å²) in [4.78, 5) is 17.3. The molecule has 1 heterocycles. The van der Waals surface area contributed by atoms with E-state index in [1.165, 1.54) is 28.5 Å². The van der Waals surface area contributed by atoms with Crippen molar-refractivity contribution in [3.63, 3.8) is 0 Å². The summed E-state index contributed by atoms with van der Waals surface area (Å²) in [6.45, 7) is 8.40. The molecule has 0 saturated carbocycles. The summed E-state index contributed by atoms with van der Waals surface area (Å²) in [6, 6.07) is 24.3. The van der Waals surface area contributed by atoms with Gasteiger partial charge >= 0.3 is 0 Å². The van der Waals surface area contributed by atoms with Gasteiger partial charge < -0.3 is 5.32 Å². The largest absolute Gasteiger partial charge is 0.325 e. The van der Waals surface area contributed by atoms with Gasteiger partial charge in [0.25, 0.3) is 0 Å². The van der Waals surface area contributed by atoms with Crippen LogP contribution in [0.15, 0.2) is 78.0 Å². The highest BCUT2D eigenvalue weighted by Gasteiger charge is 2.15. The van der Waals surface area contributed by atoms with Crippen molar-refractivity contribution in [3.8, 4) is 22.5 Å². The van der Waals surface area contributed by atoms with Crippen molar-refractivity contribution in [3.05, 3.63) is 89.5 Å². The number of benzene rings is 3. The van der Waals surface area contributed by atoms with Gasteiger partial charge in [0, 0.05) is 16.8 Å². The molecule has 4 rings (SSSR count). The van der Waals surface area contributed by atoms with Gasteiger partial charge in [-0.3, -0.25) is 4.79 Å². The molecule has 0 aliphatic rings. The lowest BCUT2D eigenvalue weighted by Crippen LogP contribution is -2.14. The van der Waals surface area contributed by atoms with Gasteiger partial charge in [-0.15, -0.1) is 10.2 Å². The standard InChI is InChI=1S/C28H28N4OS/c1-18(2)21-13-15-24(16-14-21)29-25(33)17-34-28-30-26(22-9-5-19(3)6-10-22)27(31-32-28)23-11-7-20(4)8-12-23/h5-16,18H,17H2,1-4H3,(H,29,33). The third-order valence-corrected chi connectivity index (χ3v) is 6.35. The zero-order valence-corrected chi connectivity index (χ0v) is 20.7. The van der Waals surface area contributed by atoms with Gasteiger partial charge in [0.1, 0.15) is 11.4 Å². The first-order valence-electron chi connectivity index (χ1n) is 11.3. The van der Waals surface area contributed by atoms with Gasteiger partial charge in [-0.05, 0) is 37.5 Å². The van der Waals surface area contributed by atoms with Gasteiger partial charge in [-0.25, -0.2) is 4.98 Å². The number of hydrogen-bond donors (Lipinski definition) is 1. The number of hydrogen-bond acceptors (Lipinski definition) is 5. The van der Waals surface area contributed by atoms with Crippen molar-refractivity contribution >= 4 is 23.4 Å². The molecule has 0 atom stereocenters. The van der Waals surface area contributed by atoms with E-state index in [1.807, 2.05) is 48.5 Å². The monoisotopic (exact) mass is 468 g/mol. The normalized spacial score (nSPS) is 11.0. The molecule has 172 valence electrons. The van der Waals surface area contributed by atoms with E-state index in [2.05, 4.69) is 67.5 Å². The topological polar surface area (TPSA) is 67.8 Å². The molecule has 0 bridgehead atoms. The van der Waals surface area contributed by atoms with Gasteiger partial charge in [-0.2, -0.15) is 0 Å². The number of aromatic nitrogens is 3. The molecule has 3 aromatic carbocycles. The van der Waals surface area contributed by atoms with Crippen LogP contribution in [0.25, 0.3) is 22.5 Å². The maximum Gasteiger partial charge on any atom is 0.234 e. The van der Waals surface area contributed by atoms with Crippen LogP contribution in [-0.4, -0.2) is 26.8 Å². The van der Waals surface area contributed by atoms with Crippen LogP contribution in [0.4, 0.5) is 5.69 Å². The highest BCUT2D eigenvalue weighted by molar-refractivity contribution is 7.99. The lowest BCUT2D eigenvalue weighted by atomic mass is 10.0. The van der Waals surface area contributed by atoms with Crippen LogP contribution >= 0.6 is 11.8 Å². The summed E-state index contributed by atoms with van der Waals surface area (Å²) in [7, 11) is 0. The maximum atomic E-state index is 12.5. The molecule has 1 N–H and O–H groups in total. The molecule has 0 spiro atoms. The van der Waals surface area contributed by atoms with Crippen LogP contribution in [0.3, 0.4) is 0 Å². The van der Waals surface area contributed by atoms with Crippen molar-refractivity contribution in [2.45, 2.75) is 38.8 Å². The van der Waals surface area contributed by atoms with Gasteiger partial charge in [-0.1, -0.05) is 97.4 Å². The molecule has 6 heteroatoms. The minimum Gasteiger partial charge on any atom is -0.325 e. The molecule has 0 aliphatic carbocycles. The minimum atomic E-state index is -0.106. The number of carbonyl (C=O) groups excluding carboxylic acids is 1. The van der Waals surface area contributed by atoms with E-state index in [4.69, 9.17) is 4.98 Å². The fourth-order valence-electron chi connectivity index (χ4n) is 3.47. The maximum absolute atomic E-state index is 12.5. The number of anilines is 1. The quantitative estimate of drug-likeness (QED) is 0.307. The third-order valence-electron chi connectivity index (χ3n) is 5.51. The summed E-state index contributed by atoms with van der Waals surface area (Å²) in [5.41, 5.74) is 7.78. The Bertz CT molecular complexity index is 1270. The van der Waals surface area contributed by atoms with Crippen LogP contribution in [0.2, 0.25) is 0 Å². The van der Waals surface area contributed by atoms with Crippen LogP contribution < -0.4 is 5.32 Å². The lowest BCUT2D eigenvalue weighted by Gasteiger charge is -2.10. The Morgan fingerprint density at radius 2 is 1.35 bits per heavy atom. The third kappa shape index (κ3) is 5.88. The molecule has 0 unspecified atom stereocenters. The SMILES string of the molecule is Cc1ccc(-c2nnc(SCC(=O)Nc3ccc(C(C)C)cc3)nc2-c2ccc(C)cc2)cc1. The lowest BCUT2D eigenvalue weighted by molar-refractivity contribution is -0.113. The number of carbonyl (C=O) groups is 1. The van der Waals surface area contributed by atoms with E-state index in [1.54, 1.807) is 0 Å². The van der Waals surface area contributed by atoms with E-state index < -0.39 is 0 Å². The van der Waals surface area contributed by atoms with Gasteiger partial charge in [0.05, 0.1) is 5.75 Å². The van der Waals surface area contributed by atoms with Gasteiger partial charge in [0.2, 0.25) is 11.1 Å². The number of nitrogens with zero attached hydrogens (tertiary/aromatic N) is 3. The summed E-state index contributed by atoms with van der Waals surface area (Å²) in [5, 5.41) is 12.2. The Kier molecular flexibility index (Phi) is 7.38. The molecule has 34 heavy (non-hydrogen) atoms. The van der Waals surface area contributed by atoms with E-state index in [9.17, 15) is 4.79 Å². The number of amides is 1. The second-order valence-electron chi connectivity index (χ2n) is 8.64. The molecule has 0 fully saturated rings. The Balaban J connectivity index is 1.53. The van der Waals surface area contributed by atoms with Crippen LogP contribution in [-0.2, 0) is 4.79 Å². The summed E-state index contributed by atoms with van der Waals surface area (Å²) >= 11 is 1.28.